The lowest BCUT2D eigenvalue weighted by molar-refractivity contribution is 0.0950. The number of nitrogens with one attached hydrogen (secondary N) is 2. The fourth-order valence-corrected chi connectivity index (χ4v) is 1.42. The largest absolute Gasteiger partial charge is 0.395 e. The van der Waals surface area contributed by atoms with Crippen LogP contribution in [0.3, 0.4) is 0 Å². The molecule has 0 saturated carbocycles. The maximum absolute atomic E-state index is 11.7. The molecule has 0 radical (unpaired) electrons. The fraction of sp³-hybridized carbons (Fsp3) is 0.500. The SMILES string of the molecule is CC#CCCNC(=O)c1n[nH]c(C(C)C)c1N. The number of anilines is 1. The molecule has 1 rings (SSSR count). The Morgan fingerprint density at radius 3 is 2.82 bits per heavy atom. The predicted molar refractivity (Wildman–Crippen MR) is 67.5 cm³/mol. The van der Waals surface area contributed by atoms with Gasteiger partial charge in [-0.3, -0.25) is 9.89 Å². The van der Waals surface area contributed by atoms with Crippen LogP contribution < -0.4 is 11.1 Å². The number of nitrogens with two attached hydrogens (primary N) is 1. The van der Waals surface area contributed by atoms with Crippen molar-refractivity contribution in [2.24, 2.45) is 0 Å². The normalized spacial score (nSPS) is 9.88. The van der Waals surface area contributed by atoms with Crippen LogP contribution >= 0.6 is 0 Å². The van der Waals surface area contributed by atoms with E-state index in [1.807, 2.05) is 13.8 Å². The first-order chi connectivity index (χ1) is 8.07. The number of carbonyl (C=O) groups is 1. The van der Waals surface area contributed by atoms with Crippen molar-refractivity contribution in [3.05, 3.63) is 11.4 Å². The van der Waals surface area contributed by atoms with Gasteiger partial charge >= 0.3 is 0 Å². The molecule has 0 bridgehead atoms. The molecule has 0 aromatic carbocycles. The van der Waals surface area contributed by atoms with Crippen molar-refractivity contribution in [3.63, 3.8) is 0 Å². The Labute approximate surface area is 101 Å². The molecule has 4 N–H and O–H groups in total. The lowest BCUT2D eigenvalue weighted by Gasteiger charge is -2.03. The molecule has 0 fully saturated rings. The number of nitrogen functional groups attached to an aromatic ring is 1. The number of amides is 1. The molecule has 0 aliphatic carbocycles. The zero-order valence-electron chi connectivity index (χ0n) is 10.4. The van der Waals surface area contributed by atoms with Gasteiger partial charge in [0.1, 0.15) is 0 Å². The summed E-state index contributed by atoms with van der Waals surface area (Å²) in [4.78, 5) is 11.7. The minimum atomic E-state index is -0.261. The molecule has 0 aliphatic rings. The molecule has 92 valence electrons. The van der Waals surface area contributed by atoms with Gasteiger partial charge in [-0.1, -0.05) is 13.8 Å². The molecule has 1 aromatic heterocycles. The van der Waals surface area contributed by atoms with E-state index in [0.717, 1.165) is 5.69 Å². The third kappa shape index (κ3) is 3.25. The topological polar surface area (TPSA) is 83.8 Å². The summed E-state index contributed by atoms with van der Waals surface area (Å²) in [5.74, 6) is 5.59. The van der Waals surface area contributed by atoms with Crippen LogP contribution in [0.15, 0.2) is 0 Å². The summed E-state index contributed by atoms with van der Waals surface area (Å²) in [6.07, 6.45) is 0.629. The second-order valence-corrected chi connectivity index (χ2v) is 3.99. The molecule has 0 spiro atoms. The Morgan fingerprint density at radius 1 is 1.59 bits per heavy atom. The first kappa shape index (κ1) is 13.1. The van der Waals surface area contributed by atoms with Gasteiger partial charge < -0.3 is 11.1 Å². The number of aromatic amines is 1. The van der Waals surface area contributed by atoms with Crippen LogP contribution in [-0.2, 0) is 0 Å². The highest BCUT2D eigenvalue weighted by Gasteiger charge is 2.18. The summed E-state index contributed by atoms with van der Waals surface area (Å²) >= 11 is 0. The van der Waals surface area contributed by atoms with E-state index in [2.05, 4.69) is 27.4 Å². The Bertz CT molecular complexity index is 451. The molecule has 1 aromatic rings. The van der Waals surface area contributed by atoms with E-state index in [1.165, 1.54) is 0 Å². The molecule has 1 amide bonds. The van der Waals surface area contributed by atoms with Gasteiger partial charge in [-0.2, -0.15) is 5.10 Å². The van der Waals surface area contributed by atoms with Crippen LogP contribution in [0.25, 0.3) is 0 Å². The van der Waals surface area contributed by atoms with Crippen LogP contribution in [0, 0.1) is 11.8 Å². The van der Waals surface area contributed by atoms with Crippen LogP contribution in [0.4, 0.5) is 5.69 Å². The monoisotopic (exact) mass is 234 g/mol. The van der Waals surface area contributed by atoms with Crippen molar-refractivity contribution in [2.45, 2.75) is 33.1 Å². The van der Waals surface area contributed by atoms with E-state index in [0.29, 0.717) is 18.7 Å². The van der Waals surface area contributed by atoms with E-state index < -0.39 is 0 Å². The molecule has 17 heavy (non-hydrogen) atoms. The Balaban J connectivity index is 2.65. The number of aromatic nitrogens is 2. The number of carbonyl (C=O) groups excluding carboxylic acids is 1. The van der Waals surface area contributed by atoms with Gasteiger partial charge in [0.25, 0.3) is 5.91 Å². The standard InChI is InChI=1S/C12H18N4O/c1-4-5-6-7-14-12(17)11-9(13)10(8(2)3)15-16-11/h8H,6-7,13H2,1-3H3,(H,14,17)(H,15,16). The van der Waals surface area contributed by atoms with Crippen LogP contribution in [0.1, 0.15) is 49.3 Å². The number of rotatable bonds is 4. The van der Waals surface area contributed by atoms with Gasteiger partial charge in [0.2, 0.25) is 0 Å². The van der Waals surface area contributed by atoms with E-state index in [4.69, 9.17) is 5.73 Å². The van der Waals surface area contributed by atoms with Crippen molar-refractivity contribution in [1.82, 2.24) is 15.5 Å². The molecule has 5 heteroatoms. The quantitative estimate of drug-likeness (QED) is 0.541. The summed E-state index contributed by atoms with van der Waals surface area (Å²) in [7, 11) is 0. The molecule has 0 aliphatic heterocycles. The number of hydrogen-bond donors (Lipinski definition) is 3. The van der Waals surface area contributed by atoms with Crippen molar-refractivity contribution < 1.29 is 4.79 Å². The van der Waals surface area contributed by atoms with Crippen molar-refractivity contribution in [3.8, 4) is 11.8 Å². The van der Waals surface area contributed by atoms with Crippen LogP contribution in [-0.4, -0.2) is 22.6 Å². The molecule has 0 atom stereocenters. The highest BCUT2D eigenvalue weighted by molar-refractivity contribution is 5.97. The first-order valence-electron chi connectivity index (χ1n) is 5.59. The van der Waals surface area contributed by atoms with Crippen molar-refractivity contribution in [2.75, 3.05) is 12.3 Å². The van der Waals surface area contributed by atoms with E-state index in [-0.39, 0.29) is 17.5 Å². The predicted octanol–water partition coefficient (Wildman–Crippen LogP) is 1.26. The highest BCUT2D eigenvalue weighted by atomic mass is 16.1. The zero-order chi connectivity index (χ0) is 12.8. The molecule has 0 unspecified atom stereocenters. The third-order valence-electron chi connectivity index (χ3n) is 2.34. The van der Waals surface area contributed by atoms with Gasteiger partial charge in [-0.25, -0.2) is 0 Å². The third-order valence-corrected chi connectivity index (χ3v) is 2.34. The van der Waals surface area contributed by atoms with Gasteiger partial charge in [0.15, 0.2) is 5.69 Å². The van der Waals surface area contributed by atoms with Gasteiger partial charge in [0, 0.05) is 13.0 Å². The van der Waals surface area contributed by atoms with E-state index >= 15 is 0 Å². The minimum absolute atomic E-state index is 0.218. The molecule has 1 heterocycles. The van der Waals surface area contributed by atoms with Gasteiger partial charge in [-0.05, 0) is 12.8 Å². The molecular weight excluding hydrogens is 216 g/mol. The first-order valence-corrected chi connectivity index (χ1v) is 5.59. The number of H-pyrrole nitrogens is 1. The van der Waals surface area contributed by atoms with Gasteiger partial charge in [-0.15, -0.1) is 11.8 Å². The Morgan fingerprint density at radius 2 is 2.29 bits per heavy atom. The lowest BCUT2D eigenvalue weighted by atomic mass is 10.1. The maximum Gasteiger partial charge on any atom is 0.273 e. The molecule has 0 saturated heterocycles. The second-order valence-electron chi connectivity index (χ2n) is 3.99. The van der Waals surface area contributed by atoms with Crippen LogP contribution in [0.5, 0.6) is 0 Å². The number of hydrogen-bond acceptors (Lipinski definition) is 3. The van der Waals surface area contributed by atoms with Gasteiger partial charge in [0.05, 0.1) is 11.4 Å². The summed E-state index contributed by atoms with van der Waals surface area (Å²) in [6, 6.07) is 0. The van der Waals surface area contributed by atoms with E-state index in [1.54, 1.807) is 6.92 Å². The van der Waals surface area contributed by atoms with E-state index in [9.17, 15) is 4.79 Å². The highest BCUT2D eigenvalue weighted by Crippen LogP contribution is 2.21. The summed E-state index contributed by atoms with van der Waals surface area (Å²) < 4.78 is 0. The fourth-order valence-electron chi connectivity index (χ4n) is 1.42. The lowest BCUT2D eigenvalue weighted by Crippen LogP contribution is -2.25. The van der Waals surface area contributed by atoms with Crippen LogP contribution in [0.2, 0.25) is 0 Å². The average Bonchev–Trinajstić information content (AvgIpc) is 2.66. The van der Waals surface area contributed by atoms with Crippen molar-refractivity contribution in [1.29, 1.82) is 0 Å². The van der Waals surface area contributed by atoms with Crippen molar-refractivity contribution >= 4 is 11.6 Å². The molecule has 5 nitrogen and oxygen atoms in total. The molecular formula is C12H18N4O. The smallest absolute Gasteiger partial charge is 0.273 e. The second kappa shape index (κ2) is 5.94. The number of nitrogens with zero attached hydrogens (tertiary/aromatic N) is 1. The zero-order valence-corrected chi connectivity index (χ0v) is 10.4. The summed E-state index contributed by atoms with van der Waals surface area (Å²) in [6.45, 7) is 6.25. The average molecular weight is 234 g/mol. The maximum atomic E-state index is 11.7. The summed E-state index contributed by atoms with van der Waals surface area (Å²) in [5.41, 5.74) is 7.34. The summed E-state index contributed by atoms with van der Waals surface area (Å²) in [5, 5.41) is 9.45. The Hall–Kier alpha value is -1.96. The Kier molecular flexibility index (Phi) is 4.58. The minimum Gasteiger partial charge on any atom is -0.395 e.